The molecule has 0 unspecified atom stereocenters. The summed E-state index contributed by atoms with van der Waals surface area (Å²) in [6, 6.07) is 4.43. The number of allylic oxidation sites excluding steroid dienone is 1. The van der Waals surface area contributed by atoms with Crippen molar-refractivity contribution in [1.29, 1.82) is 0 Å². The lowest BCUT2D eigenvalue weighted by molar-refractivity contribution is 0.552. The number of nitrogens with one attached hydrogen (secondary N) is 1. The molecule has 0 aliphatic rings. The minimum absolute atomic E-state index is 0.679. The number of aromatic nitrogens is 1. The van der Waals surface area contributed by atoms with Gasteiger partial charge in [-0.05, 0) is 49.4 Å². The van der Waals surface area contributed by atoms with Crippen molar-refractivity contribution in [2.75, 3.05) is 25.0 Å². The van der Waals surface area contributed by atoms with E-state index in [9.17, 15) is 0 Å². The van der Waals surface area contributed by atoms with E-state index < -0.39 is 0 Å². The minimum Gasteiger partial charge on any atom is -0.360 e. The normalized spacial score (nSPS) is 10.9. The fraction of sp³-hybridized carbons (Fsp3) is 0.611. The van der Waals surface area contributed by atoms with Crippen molar-refractivity contribution in [1.82, 2.24) is 10.3 Å². The number of anilines is 1. The van der Waals surface area contributed by atoms with Gasteiger partial charge in [0.25, 0.3) is 0 Å². The molecule has 0 aliphatic heterocycles. The molecule has 1 N–H and O–H groups in total. The van der Waals surface area contributed by atoms with Gasteiger partial charge in [0.1, 0.15) is 5.82 Å². The van der Waals surface area contributed by atoms with Gasteiger partial charge in [0.05, 0.1) is 0 Å². The van der Waals surface area contributed by atoms with Gasteiger partial charge in [0.15, 0.2) is 0 Å². The second-order valence-corrected chi connectivity index (χ2v) is 6.06. The number of hydrogen-bond acceptors (Lipinski definition) is 3. The highest BCUT2D eigenvalue weighted by Crippen LogP contribution is 2.15. The zero-order valence-electron chi connectivity index (χ0n) is 14.2. The summed E-state index contributed by atoms with van der Waals surface area (Å²) >= 11 is 0. The van der Waals surface area contributed by atoms with E-state index >= 15 is 0 Å². The molecule has 118 valence electrons. The Balaban J connectivity index is 2.71. The molecule has 3 nitrogen and oxygen atoms in total. The average molecular weight is 289 g/mol. The van der Waals surface area contributed by atoms with Crippen LogP contribution in [-0.4, -0.2) is 25.1 Å². The number of unbranched alkanes of at least 4 members (excludes halogenated alkanes) is 1. The molecule has 21 heavy (non-hydrogen) atoms. The molecule has 0 amide bonds. The summed E-state index contributed by atoms with van der Waals surface area (Å²) in [5, 5.41) is 3.51. The van der Waals surface area contributed by atoms with Crippen LogP contribution < -0.4 is 10.2 Å². The van der Waals surface area contributed by atoms with Crippen molar-refractivity contribution in [3.8, 4) is 0 Å². The Morgan fingerprint density at radius 2 is 2.14 bits per heavy atom. The molecule has 3 heteroatoms. The summed E-state index contributed by atoms with van der Waals surface area (Å²) in [4.78, 5) is 6.99. The van der Waals surface area contributed by atoms with Crippen LogP contribution >= 0.6 is 0 Å². The first kappa shape index (κ1) is 17.7. The Bertz CT molecular complexity index is 426. The van der Waals surface area contributed by atoms with E-state index in [0.717, 1.165) is 44.7 Å². The van der Waals surface area contributed by atoms with Crippen LogP contribution in [-0.2, 0) is 13.0 Å². The molecule has 0 aromatic carbocycles. The molecular formula is C18H31N3. The molecule has 0 atom stereocenters. The summed E-state index contributed by atoms with van der Waals surface area (Å²) < 4.78 is 0. The lowest BCUT2D eigenvalue weighted by atomic mass is 10.1. The molecule has 0 spiro atoms. The number of rotatable bonds is 10. The predicted octanol–water partition coefficient (Wildman–Crippen LogP) is 3.79. The SMILES string of the molecule is C=CCCCN(C)c1cc(CNCC(C)C)cc(CC)n1. The van der Waals surface area contributed by atoms with Crippen molar-refractivity contribution in [3.63, 3.8) is 0 Å². The molecule has 0 aliphatic carbocycles. The van der Waals surface area contributed by atoms with E-state index in [0.29, 0.717) is 5.92 Å². The van der Waals surface area contributed by atoms with E-state index in [1.54, 1.807) is 0 Å². The van der Waals surface area contributed by atoms with Gasteiger partial charge in [0, 0.05) is 25.8 Å². The highest BCUT2D eigenvalue weighted by molar-refractivity contribution is 5.42. The Morgan fingerprint density at radius 3 is 2.76 bits per heavy atom. The van der Waals surface area contributed by atoms with Crippen LogP contribution in [0.2, 0.25) is 0 Å². The molecule has 1 aromatic rings. The summed E-state index contributed by atoms with van der Waals surface area (Å²) in [5.41, 5.74) is 2.50. The lowest BCUT2D eigenvalue weighted by Crippen LogP contribution is -2.22. The van der Waals surface area contributed by atoms with Crippen molar-refractivity contribution in [2.45, 2.75) is 46.6 Å². The first-order chi connectivity index (χ1) is 10.1. The standard InChI is InChI=1S/C18H31N3/c1-6-8-9-10-21(5)18-12-16(11-17(7-2)20-18)14-19-13-15(3)4/h6,11-12,15,19H,1,7-10,13-14H2,2-5H3. The minimum atomic E-state index is 0.679. The van der Waals surface area contributed by atoms with Gasteiger partial charge in [0.2, 0.25) is 0 Å². The predicted molar refractivity (Wildman–Crippen MR) is 92.9 cm³/mol. The fourth-order valence-electron chi connectivity index (χ4n) is 2.20. The van der Waals surface area contributed by atoms with Gasteiger partial charge in [-0.15, -0.1) is 6.58 Å². The van der Waals surface area contributed by atoms with E-state index in [2.05, 4.69) is 56.7 Å². The summed E-state index contributed by atoms with van der Waals surface area (Å²) in [7, 11) is 2.12. The highest BCUT2D eigenvalue weighted by atomic mass is 15.2. The number of nitrogens with zero attached hydrogens (tertiary/aromatic N) is 2. The molecule has 0 saturated carbocycles. The lowest BCUT2D eigenvalue weighted by Gasteiger charge is -2.20. The third-order valence-corrected chi connectivity index (χ3v) is 3.46. The molecule has 1 aromatic heterocycles. The largest absolute Gasteiger partial charge is 0.360 e. The third-order valence-electron chi connectivity index (χ3n) is 3.46. The smallest absolute Gasteiger partial charge is 0.128 e. The fourth-order valence-corrected chi connectivity index (χ4v) is 2.20. The average Bonchev–Trinajstić information content (AvgIpc) is 2.46. The zero-order valence-corrected chi connectivity index (χ0v) is 14.2. The van der Waals surface area contributed by atoms with Gasteiger partial charge < -0.3 is 10.2 Å². The Morgan fingerprint density at radius 1 is 1.38 bits per heavy atom. The first-order valence-electron chi connectivity index (χ1n) is 8.09. The molecule has 0 saturated heterocycles. The maximum atomic E-state index is 4.75. The number of aryl methyl sites for hydroxylation is 1. The maximum absolute atomic E-state index is 4.75. The van der Waals surface area contributed by atoms with Crippen LogP contribution in [0.1, 0.15) is 44.9 Å². The topological polar surface area (TPSA) is 28.2 Å². The van der Waals surface area contributed by atoms with Gasteiger partial charge >= 0.3 is 0 Å². The van der Waals surface area contributed by atoms with Crippen molar-refractivity contribution >= 4 is 5.82 Å². The maximum Gasteiger partial charge on any atom is 0.128 e. The van der Waals surface area contributed by atoms with Crippen molar-refractivity contribution in [3.05, 3.63) is 36.0 Å². The van der Waals surface area contributed by atoms with Crippen LogP contribution in [0.3, 0.4) is 0 Å². The van der Waals surface area contributed by atoms with Gasteiger partial charge in [-0.1, -0.05) is 26.8 Å². The van der Waals surface area contributed by atoms with E-state index in [1.165, 1.54) is 11.3 Å². The van der Waals surface area contributed by atoms with Crippen LogP contribution in [0.4, 0.5) is 5.82 Å². The van der Waals surface area contributed by atoms with Gasteiger partial charge in [-0.3, -0.25) is 0 Å². The van der Waals surface area contributed by atoms with Gasteiger partial charge in [-0.2, -0.15) is 0 Å². The molecule has 1 heterocycles. The molecule has 0 fully saturated rings. The van der Waals surface area contributed by atoms with Crippen LogP contribution in [0.5, 0.6) is 0 Å². The summed E-state index contributed by atoms with van der Waals surface area (Å²) in [6.07, 6.45) is 5.14. The molecule has 0 bridgehead atoms. The number of hydrogen-bond donors (Lipinski definition) is 1. The molecular weight excluding hydrogens is 258 g/mol. The zero-order chi connectivity index (χ0) is 15.7. The van der Waals surface area contributed by atoms with Crippen LogP contribution in [0.25, 0.3) is 0 Å². The quantitative estimate of drug-likeness (QED) is 0.524. The Kier molecular flexibility index (Phi) is 8.06. The summed E-state index contributed by atoms with van der Waals surface area (Å²) in [6.45, 7) is 13.4. The first-order valence-corrected chi connectivity index (χ1v) is 8.09. The number of pyridine rings is 1. The molecule has 0 radical (unpaired) electrons. The van der Waals surface area contributed by atoms with Gasteiger partial charge in [-0.25, -0.2) is 4.98 Å². The van der Waals surface area contributed by atoms with E-state index in [1.807, 2.05) is 6.08 Å². The second-order valence-electron chi connectivity index (χ2n) is 6.06. The second kappa shape index (κ2) is 9.56. The Hall–Kier alpha value is -1.35. The van der Waals surface area contributed by atoms with Crippen LogP contribution in [0.15, 0.2) is 24.8 Å². The molecule has 1 rings (SSSR count). The van der Waals surface area contributed by atoms with E-state index in [-0.39, 0.29) is 0 Å². The summed E-state index contributed by atoms with van der Waals surface area (Å²) in [5.74, 6) is 1.76. The van der Waals surface area contributed by atoms with Crippen LogP contribution in [0, 0.1) is 5.92 Å². The van der Waals surface area contributed by atoms with Crippen molar-refractivity contribution < 1.29 is 0 Å². The third kappa shape index (κ3) is 6.76. The monoisotopic (exact) mass is 289 g/mol. The highest BCUT2D eigenvalue weighted by Gasteiger charge is 2.06. The Labute approximate surface area is 130 Å². The van der Waals surface area contributed by atoms with Crippen molar-refractivity contribution in [2.24, 2.45) is 5.92 Å². The van der Waals surface area contributed by atoms with E-state index in [4.69, 9.17) is 4.98 Å².